The van der Waals surface area contributed by atoms with Crippen LogP contribution in [0.4, 0.5) is 0 Å². The molecule has 88 valence electrons. The molecule has 0 nitrogen and oxygen atoms in total. The third kappa shape index (κ3) is 0.899. The average Bonchev–Trinajstić information content (AvgIpc) is 2.31. The second-order valence-electron chi connectivity index (χ2n) is 7.28. The van der Waals surface area contributed by atoms with Crippen molar-refractivity contribution in [3.05, 3.63) is 0 Å². The molecule has 0 heterocycles. The molecule has 0 amide bonds. The molecule has 2 rings (SSSR count). The molecule has 4 atom stereocenters. The van der Waals surface area contributed by atoms with E-state index < -0.39 is 0 Å². The summed E-state index contributed by atoms with van der Waals surface area (Å²) in [6, 6.07) is 0. The van der Waals surface area contributed by atoms with Crippen LogP contribution in [0.3, 0.4) is 0 Å². The van der Waals surface area contributed by atoms with E-state index in [-0.39, 0.29) is 4.75 Å². The molecule has 0 spiro atoms. The predicted molar refractivity (Wildman–Crippen MR) is 70.3 cm³/mol. The molecule has 0 saturated heterocycles. The van der Waals surface area contributed by atoms with Crippen molar-refractivity contribution in [2.24, 2.45) is 28.1 Å². The van der Waals surface area contributed by atoms with Crippen LogP contribution in [0, 0.1) is 28.1 Å². The lowest BCUT2D eigenvalue weighted by atomic mass is 9.75. The van der Waals surface area contributed by atoms with Gasteiger partial charge in [-0.1, -0.05) is 48.5 Å². The average molecular weight is 226 g/mol. The quantitative estimate of drug-likeness (QED) is 0.629. The Bertz CT molecular complexity index is 292. The van der Waals surface area contributed by atoms with Crippen LogP contribution in [0.15, 0.2) is 0 Å². The first-order valence-electron chi connectivity index (χ1n) is 6.26. The second kappa shape index (κ2) is 2.60. The summed E-state index contributed by atoms with van der Waals surface area (Å²) in [6.07, 6.45) is 1.28. The maximum atomic E-state index is 4.99. The van der Waals surface area contributed by atoms with E-state index in [9.17, 15) is 0 Å². The summed E-state index contributed by atoms with van der Waals surface area (Å²) >= 11 is 4.99. The highest BCUT2D eigenvalue weighted by atomic mass is 32.1. The standard InChI is InChI=1S/C14H26S/c1-9(2)10-8-12(5,15)14(7)11(3,4)13(10,14)6/h9-10,15H,8H2,1-7H3. The van der Waals surface area contributed by atoms with Gasteiger partial charge in [-0.25, -0.2) is 0 Å². The van der Waals surface area contributed by atoms with Crippen molar-refractivity contribution in [1.29, 1.82) is 0 Å². The van der Waals surface area contributed by atoms with Gasteiger partial charge in [0.2, 0.25) is 0 Å². The van der Waals surface area contributed by atoms with Crippen molar-refractivity contribution >= 4 is 12.6 Å². The van der Waals surface area contributed by atoms with Crippen molar-refractivity contribution in [1.82, 2.24) is 0 Å². The molecular weight excluding hydrogens is 200 g/mol. The zero-order chi connectivity index (χ0) is 11.9. The summed E-state index contributed by atoms with van der Waals surface area (Å²) in [6.45, 7) is 16.9. The zero-order valence-electron chi connectivity index (χ0n) is 11.3. The van der Waals surface area contributed by atoms with Crippen LogP contribution in [0.2, 0.25) is 0 Å². The molecule has 0 aliphatic heterocycles. The number of hydrogen-bond acceptors (Lipinski definition) is 1. The van der Waals surface area contributed by atoms with Crippen molar-refractivity contribution in [2.45, 2.75) is 59.6 Å². The molecule has 0 aromatic rings. The predicted octanol–water partition coefficient (Wildman–Crippen LogP) is 4.40. The molecular formula is C14H26S. The van der Waals surface area contributed by atoms with Crippen LogP contribution in [-0.2, 0) is 0 Å². The topological polar surface area (TPSA) is 0 Å². The molecule has 2 aliphatic carbocycles. The van der Waals surface area contributed by atoms with Crippen molar-refractivity contribution in [2.75, 3.05) is 0 Å². The Balaban J connectivity index is 2.49. The van der Waals surface area contributed by atoms with Gasteiger partial charge in [0.15, 0.2) is 0 Å². The molecule has 2 aliphatic rings. The first kappa shape index (κ1) is 11.8. The van der Waals surface area contributed by atoms with Crippen molar-refractivity contribution < 1.29 is 0 Å². The molecule has 2 fully saturated rings. The molecule has 0 bridgehead atoms. The number of hydrogen-bond donors (Lipinski definition) is 1. The highest BCUT2D eigenvalue weighted by Crippen LogP contribution is 2.90. The summed E-state index contributed by atoms with van der Waals surface area (Å²) < 4.78 is 0.209. The zero-order valence-corrected chi connectivity index (χ0v) is 12.2. The smallest absolute Gasteiger partial charge is 0.0169 e. The van der Waals surface area contributed by atoms with Crippen LogP contribution < -0.4 is 0 Å². The van der Waals surface area contributed by atoms with Gasteiger partial charge in [-0.05, 0) is 34.5 Å². The minimum absolute atomic E-state index is 0.209. The van der Waals surface area contributed by atoms with Gasteiger partial charge in [0, 0.05) is 4.75 Å². The normalized spacial score (nSPS) is 57.0. The Labute approximate surface area is 101 Å². The third-order valence-corrected chi connectivity index (χ3v) is 7.40. The Morgan fingerprint density at radius 1 is 1.07 bits per heavy atom. The fourth-order valence-electron chi connectivity index (χ4n) is 5.19. The maximum absolute atomic E-state index is 4.99. The molecule has 0 aromatic carbocycles. The maximum Gasteiger partial charge on any atom is 0.0169 e. The second-order valence-corrected chi connectivity index (χ2v) is 8.27. The van der Waals surface area contributed by atoms with Gasteiger partial charge >= 0.3 is 0 Å². The Kier molecular flexibility index (Phi) is 2.05. The molecule has 0 N–H and O–H groups in total. The van der Waals surface area contributed by atoms with E-state index >= 15 is 0 Å². The van der Waals surface area contributed by atoms with E-state index in [4.69, 9.17) is 12.6 Å². The molecule has 0 radical (unpaired) electrons. The molecule has 0 aromatic heterocycles. The minimum Gasteiger partial charge on any atom is -0.172 e. The van der Waals surface area contributed by atoms with E-state index in [0.717, 1.165) is 11.8 Å². The summed E-state index contributed by atoms with van der Waals surface area (Å²) in [5, 5.41) is 0. The van der Waals surface area contributed by atoms with Gasteiger partial charge in [0.1, 0.15) is 0 Å². The lowest BCUT2D eigenvalue weighted by molar-refractivity contribution is 0.202. The van der Waals surface area contributed by atoms with Gasteiger partial charge in [-0.15, -0.1) is 0 Å². The first-order chi connectivity index (χ1) is 6.54. The monoisotopic (exact) mass is 226 g/mol. The largest absolute Gasteiger partial charge is 0.172 e. The summed E-state index contributed by atoms with van der Waals surface area (Å²) in [7, 11) is 0. The van der Waals surface area contributed by atoms with E-state index in [1.165, 1.54) is 6.42 Å². The van der Waals surface area contributed by atoms with Gasteiger partial charge < -0.3 is 0 Å². The highest BCUT2D eigenvalue weighted by molar-refractivity contribution is 7.81. The van der Waals surface area contributed by atoms with E-state index in [1.54, 1.807) is 0 Å². The van der Waals surface area contributed by atoms with Gasteiger partial charge in [0.05, 0.1) is 0 Å². The molecule has 15 heavy (non-hydrogen) atoms. The highest BCUT2D eigenvalue weighted by Gasteiger charge is 2.87. The number of fused-ring (bicyclic) bond motifs is 1. The van der Waals surface area contributed by atoms with Crippen LogP contribution in [0.1, 0.15) is 54.9 Å². The first-order valence-corrected chi connectivity index (χ1v) is 6.71. The number of thiol groups is 1. The summed E-state index contributed by atoms with van der Waals surface area (Å²) in [5.74, 6) is 1.62. The van der Waals surface area contributed by atoms with Crippen LogP contribution in [0.5, 0.6) is 0 Å². The lowest BCUT2D eigenvalue weighted by Crippen LogP contribution is -2.31. The van der Waals surface area contributed by atoms with E-state index in [2.05, 4.69) is 48.5 Å². The Morgan fingerprint density at radius 2 is 1.53 bits per heavy atom. The van der Waals surface area contributed by atoms with Crippen LogP contribution >= 0.6 is 12.6 Å². The Morgan fingerprint density at radius 3 is 1.73 bits per heavy atom. The lowest BCUT2D eigenvalue weighted by Gasteiger charge is -2.34. The van der Waals surface area contributed by atoms with Crippen molar-refractivity contribution in [3.8, 4) is 0 Å². The van der Waals surface area contributed by atoms with E-state index in [1.807, 2.05) is 0 Å². The fraction of sp³-hybridized carbons (Fsp3) is 1.00. The molecule has 1 heteroatoms. The summed E-state index contributed by atoms with van der Waals surface area (Å²) in [5.41, 5.74) is 1.35. The number of rotatable bonds is 1. The van der Waals surface area contributed by atoms with Gasteiger partial charge in [-0.2, -0.15) is 12.6 Å². The fourth-order valence-corrected chi connectivity index (χ4v) is 5.90. The van der Waals surface area contributed by atoms with Crippen LogP contribution in [-0.4, -0.2) is 4.75 Å². The van der Waals surface area contributed by atoms with Crippen LogP contribution in [0.25, 0.3) is 0 Å². The minimum atomic E-state index is 0.209. The molecule has 2 saturated carbocycles. The van der Waals surface area contributed by atoms with Gasteiger partial charge in [-0.3, -0.25) is 0 Å². The van der Waals surface area contributed by atoms with Crippen molar-refractivity contribution in [3.63, 3.8) is 0 Å². The van der Waals surface area contributed by atoms with E-state index in [0.29, 0.717) is 16.2 Å². The van der Waals surface area contributed by atoms with Gasteiger partial charge in [0.25, 0.3) is 0 Å². The molecule has 4 unspecified atom stereocenters. The Hall–Kier alpha value is 0.350. The third-order valence-electron chi connectivity index (χ3n) is 6.77. The summed E-state index contributed by atoms with van der Waals surface area (Å²) in [4.78, 5) is 0. The SMILES string of the molecule is CC(C)C1CC(C)(S)C2(C)C(C)(C)C12C.